The van der Waals surface area contributed by atoms with Gasteiger partial charge in [0.1, 0.15) is 0 Å². The summed E-state index contributed by atoms with van der Waals surface area (Å²) in [5.74, 6) is -0.113. The van der Waals surface area contributed by atoms with Crippen molar-refractivity contribution in [2.45, 2.75) is 26.2 Å². The normalized spacial score (nSPS) is 13.8. The summed E-state index contributed by atoms with van der Waals surface area (Å²) < 4.78 is 0. The first-order chi connectivity index (χ1) is 13.5. The highest BCUT2D eigenvalue weighted by Crippen LogP contribution is 2.21. The smallest absolute Gasteiger partial charge is 0.224 e. The van der Waals surface area contributed by atoms with E-state index in [1.807, 2.05) is 12.1 Å². The van der Waals surface area contributed by atoms with Crippen LogP contribution in [0.25, 0.3) is 0 Å². The highest BCUT2D eigenvalue weighted by molar-refractivity contribution is 6.30. The largest absolute Gasteiger partial charge is 0.367 e. The second-order valence-corrected chi connectivity index (χ2v) is 7.63. The third kappa shape index (κ3) is 5.96. The average Bonchev–Trinajstić information content (AvgIpc) is 2.69. The first-order valence-corrected chi connectivity index (χ1v) is 9.90. The van der Waals surface area contributed by atoms with E-state index < -0.39 is 0 Å². The Morgan fingerprint density at radius 3 is 2.39 bits per heavy atom. The van der Waals surface area contributed by atoms with Crippen LogP contribution in [0, 0.1) is 6.92 Å². The van der Waals surface area contributed by atoms with Gasteiger partial charge in [-0.25, -0.2) is 0 Å². The molecule has 1 amide bonds. The van der Waals surface area contributed by atoms with Crippen LogP contribution in [0.4, 0.5) is 5.69 Å². The maximum atomic E-state index is 12.2. The molecule has 5 heteroatoms. The predicted molar refractivity (Wildman–Crippen MR) is 114 cm³/mol. The molecule has 0 spiro atoms. The van der Waals surface area contributed by atoms with E-state index in [0.717, 1.165) is 30.6 Å². The lowest BCUT2D eigenvalue weighted by Crippen LogP contribution is -2.32. The molecule has 4 nitrogen and oxygen atoms in total. The predicted octanol–water partition coefficient (Wildman–Crippen LogP) is 4.10. The molecule has 1 aliphatic heterocycles. The van der Waals surface area contributed by atoms with Gasteiger partial charge in [0, 0.05) is 36.6 Å². The van der Waals surface area contributed by atoms with Crippen LogP contribution >= 0.6 is 11.6 Å². The quantitative estimate of drug-likeness (QED) is 0.717. The molecular weight excluding hydrogens is 372 g/mol. The number of hydrogen-bond donors (Lipinski definition) is 1. The van der Waals surface area contributed by atoms with Gasteiger partial charge >= 0.3 is 0 Å². The summed E-state index contributed by atoms with van der Waals surface area (Å²) in [7, 11) is 0. The number of carbonyl (C=O) groups excluding carboxylic acids is 2. The Kier molecular flexibility index (Phi) is 6.88. The molecular formula is C23H25ClN2O2. The molecule has 0 atom stereocenters. The summed E-state index contributed by atoms with van der Waals surface area (Å²) in [6.45, 7) is 3.85. The van der Waals surface area contributed by atoms with E-state index in [0.29, 0.717) is 17.9 Å². The number of hydrogen-bond acceptors (Lipinski definition) is 3. The zero-order chi connectivity index (χ0) is 19.9. The van der Waals surface area contributed by atoms with Crippen molar-refractivity contribution < 1.29 is 9.59 Å². The van der Waals surface area contributed by atoms with Gasteiger partial charge < -0.3 is 10.2 Å². The van der Waals surface area contributed by atoms with Gasteiger partial charge in [0.25, 0.3) is 0 Å². The van der Waals surface area contributed by atoms with Crippen LogP contribution in [0.5, 0.6) is 0 Å². The summed E-state index contributed by atoms with van der Waals surface area (Å²) in [5, 5.41) is 3.39. The van der Waals surface area contributed by atoms with Crippen LogP contribution in [0.1, 0.15) is 24.0 Å². The van der Waals surface area contributed by atoms with Crippen molar-refractivity contribution in [1.29, 1.82) is 0 Å². The van der Waals surface area contributed by atoms with Gasteiger partial charge in [-0.3, -0.25) is 9.59 Å². The Morgan fingerprint density at radius 1 is 1.04 bits per heavy atom. The topological polar surface area (TPSA) is 49.4 Å². The number of amides is 1. The third-order valence-corrected chi connectivity index (χ3v) is 5.14. The molecule has 1 N–H and O–H groups in total. The second kappa shape index (κ2) is 9.56. The molecule has 0 fully saturated rings. The van der Waals surface area contributed by atoms with Gasteiger partial charge in [-0.2, -0.15) is 0 Å². The molecule has 146 valence electrons. The molecule has 0 unspecified atom stereocenters. The maximum absolute atomic E-state index is 12.2. The van der Waals surface area contributed by atoms with Crippen molar-refractivity contribution in [1.82, 2.24) is 5.32 Å². The van der Waals surface area contributed by atoms with Gasteiger partial charge in [-0.15, -0.1) is 0 Å². The van der Waals surface area contributed by atoms with Gasteiger partial charge in [-0.05, 0) is 43.2 Å². The molecule has 0 saturated heterocycles. The van der Waals surface area contributed by atoms with E-state index in [-0.39, 0.29) is 18.2 Å². The van der Waals surface area contributed by atoms with Crippen molar-refractivity contribution in [3.8, 4) is 0 Å². The zero-order valence-corrected chi connectivity index (χ0v) is 16.8. The molecule has 1 aliphatic rings. The minimum atomic E-state index is -0.0977. The third-order valence-electron chi connectivity index (χ3n) is 4.89. The molecule has 2 aromatic carbocycles. The zero-order valence-electron chi connectivity index (χ0n) is 16.1. The molecule has 2 aromatic rings. The number of nitrogens with zero attached hydrogens (tertiary/aromatic N) is 1. The van der Waals surface area contributed by atoms with Gasteiger partial charge in [0.2, 0.25) is 5.91 Å². The number of rotatable bonds is 7. The molecule has 0 saturated carbocycles. The van der Waals surface area contributed by atoms with Gasteiger partial charge in [0.15, 0.2) is 5.78 Å². The van der Waals surface area contributed by atoms with E-state index in [1.54, 1.807) is 12.1 Å². The Balaban J connectivity index is 1.41. The Hall–Kier alpha value is -2.59. The molecule has 0 aliphatic carbocycles. The Labute approximate surface area is 171 Å². The summed E-state index contributed by atoms with van der Waals surface area (Å²) in [6.07, 6.45) is 3.64. The molecule has 0 radical (unpaired) electrons. The van der Waals surface area contributed by atoms with Gasteiger partial charge in [-0.1, -0.05) is 53.1 Å². The number of carbonyl (C=O) groups is 2. The standard InChI is InChI=1S/C23H25ClN2O2/c1-17-2-8-21(9-3-17)26-12-10-19(11-13-26)15-23(28)25-16-22(27)14-18-4-6-20(24)7-5-18/h2-10H,11-16H2,1H3,(H,25,28). The first kappa shape index (κ1) is 20.2. The number of ketones is 1. The van der Waals surface area contributed by atoms with E-state index in [4.69, 9.17) is 11.6 Å². The number of benzene rings is 2. The average molecular weight is 397 g/mol. The Morgan fingerprint density at radius 2 is 1.75 bits per heavy atom. The van der Waals surface area contributed by atoms with E-state index in [1.165, 1.54) is 11.3 Å². The number of nitrogens with one attached hydrogen (secondary N) is 1. The van der Waals surface area contributed by atoms with Crippen LogP contribution in [-0.4, -0.2) is 31.3 Å². The summed E-state index contributed by atoms with van der Waals surface area (Å²) in [4.78, 5) is 26.5. The Bertz CT molecular complexity index is 857. The molecule has 1 heterocycles. The fourth-order valence-electron chi connectivity index (χ4n) is 3.22. The van der Waals surface area contributed by atoms with Crippen LogP contribution in [0.3, 0.4) is 0 Å². The molecule has 0 bridgehead atoms. The highest BCUT2D eigenvalue weighted by atomic mass is 35.5. The SMILES string of the molecule is Cc1ccc(N2CC=C(CC(=O)NCC(=O)Cc3ccc(Cl)cc3)CC2)cc1. The molecule has 28 heavy (non-hydrogen) atoms. The summed E-state index contributed by atoms with van der Waals surface area (Å²) >= 11 is 5.84. The van der Waals surface area contributed by atoms with Crippen LogP contribution in [0.15, 0.2) is 60.2 Å². The minimum absolute atomic E-state index is 0.0150. The lowest BCUT2D eigenvalue weighted by atomic mass is 10.0. The van der Waals surface area contributed by atoms with Crippen molar-refractivity contribution in [2.24, 2.45) is 0 Å². The van der Waals surface area contributed by atoms with E-state index in [9.17, 15) is 9.59 Å². The monoisotopic (exact) mass is 396 g/mol. The minimum Gasteiger partial charge on any atom is -0.367 e. The van der Waals surface area contributed by atoms with Crippen LogP contribution < -0.4 is 10.2 Å². The van der Waals surface area contributed by atoms with Crippen LogP contribution in [-0.2, 0) is 16.0 Å². The lowest BCUT2D eigenvalue weighted by Gasteiger charge is -2.28. The maximum Gasteiger partial charge on any atom is 0.224 e. The van der Waals surface area contributed by atoms with Gasteiger partial charge in [0.05, 0.1) is 6.54 Å². The second-order valence-electron chi connectivity index (χ2n) is 7.19. The first-order valence-electron chi connectivity index (χ1n) is 9.52. The van der Waals surface area contributed by atoms with E-state index in [2.05, 4.69) is 47.5 Å². The number of aryl methyl sites for hydroxylation is 1. The number of Topliss-reactive ketones (excluding diaryl/α,β-unsaturated/α-hetero) is 1. The van der Waals surface area contributed by atoms with Crippen molar-refractivity contribution in [3.63, 3.8) is 0 Å². The van der Waals surface area contributed by atoms with Crippen molar-refractivity contribution >= 4 is 29.0 Å². The fraction of sp³-hybridized carbons (Fsp3) is 0.304. The van der Waals surface area contributed by atoms with Crippen LogP contribution in [0.2, 0.25) is 5.02 Å². The van der Waals surface area contributed by atoms with E-state index >= 15 is 0 Å². The highest BCUT2D eigenvalue weighted by Gasteiger charge is 2.15. The molecule has 3 rings (SSSR count). The van der Waals surface area contributed by atoms with Crippen molar-refractivity contribution in [3.05, 3.63) is 76.3 Å². The summed E-state index contributed by atoms with van der Waals surface area (Å²) in [5.41, 5.74) is 4.48. The number of halogens is 1. The fourth-order valence-corrected chi connectivity index (χ4v) is 3.35. The molecule has 0 aromatic heterocycles. The lowest BCUT2D eigenvalue weighted by molar-refractivity contribution is -0.124. The van der Waals surface area contributed by atoms with Crippen molar-refractivity contribution in [2.75, 3.05) is 24.5 Å². The summed E-state index contributed by atoms with van der Waals surface area (Å²) in [6, 6.07) is 15.7. The number of anilines is 1.